The molecule has 8 heteroatoms. The van der Waals surface area contributed by atoms with Crippen molar-refractivity contribution in [1.82, 2.24) is 9.29 Å². The number of aryl methyl sites for hydroxylation is 1. The van der Waals surface area contributed by atoms with Crippen LogP contribution in [-0.4, -0.2) is 24.3 Å². The van der Waals surface area contributed by atoms with Gasteiger partial charge in [0.05, 0.1) is 41.6 Å². The van der Waals surface area contributed by atoms with E-state index in [1.165, 1.54) is 4.31 Å². The number of hydrogen-bond donors (Lipinski definition) is 0. The average molecular weight is 421 g/mol. The average Bonchev–Trinajstić information content (AvgIpc) is 3.34. The van der Waals surface area contributed by atoms with Crippen molar-refractivity contribution in [1.29, 1.82) is 0 Å². The lowest BCUT2D eigenvalue weighted by Crippen LogP contribution is -2.30. The highest BCUT2D eigenvalue weighted by Crippen LogP contribution is 2.24. The minimum absolute atomic E-state index is 0.142. The number of sulfonamides is 1. The molecule has 28 heavy (non-hydrogen) atoms. The Kier molecular flexibility index (Phi) is 6.88. The summed E-state index contributed by atoms with van der Waals surface area (Å²) in [4.78, 5) is 4.79. The Morgan fingerprint density at radius 2 is 1.93 bits per heavy atom. The van der Waals surface area contributed by atoms with E-state index in [4.69, 9.17) is 9.15 Å². The molecular weight excluding hydrogens is 396 g/mol. The number of nitrogens with zero attached hydrogens (tertiary/aromatic N) is 2. The summed E-state index contributed by atoms with van der Waals surface area (Å²) in [6, 6.07) is 9.99. The van der Waals surface area contributed by atoms with Crippen LogP contribution in [0.4, 0.5) is 0 Å². The second kappa shape index (κ2) is 9.36. The monoisotopic (exact) mass is 420 g/mol. The van der Waals surface area contributed by atoms with E-state index in [1.807, 2.05) is 12.3 Å². The fraction of sp³-hybridized carbons (Fsp3) is 0.350. The van der Waals surface area contributed by atoms with Gasteiger partial charge in [-0.25, -0.2) is 13.4 Å². The maximum atomic E-state index is 13.3. The van der Waals surface area contributed by atoms with E-state index < -0.39 is 10.0 Å². The molecule has 0 aliphatic rings. The van der Waals surface area contributed by atoms with Crippen LogP contribution in [-0.2, 0) is 29.5 Å². The van der Waals surface area contributed by atoms with E-state index in [0.29, 0.717) is 18.1 Å². The molecule has 1 aromatic carbocycles. The van der Waals surface area contributed by atoms with Crippen LogP contribution in [0.1, 0.15) is 36.7 Å². The zero-order valence-electron chi connectivity index (χ0n) is 16.0. The van der Waals surface area contributed by atoms with E-state index in [9.17, 15) is 8.42 Å². The smallest absolute Gasteiger partial charge is 0.243 e. The van der Waals surface area contributed by atoms with Crippen molar-refractivity contribution >= 4 is 21.4 Å². The third kappa shape index (κ3) is 5.01. The van der Waals surface area contributed by atoms with Crippen molar-refractivity contribution in [2.24, 2.45) is 0 Å². The number of furan rings is 1. The van der Waals surface area contributed by atoms with Crippen molar-refractivity contribution in [3.8, 4) is 5.75 Å². The SMILES string of the molecule is CCCc1nc(CN(Cc2ccco2)S(=O)(=O)c2ccc(OCC)cc2)cs1. The van der Waals surface area contributed by atoms with Gasteiger partial charge >= 0.3 is 0 Å². The van der Waals surface area contributed by atoms with Gasteiger partial charge in [0.1, 0.15) is 11.5 Å². The number of ether oxygens (including phenoxy) is 1. The third-order valence-corrected chi connectivity index (χ3v) is 6.85. The number of thiazole rings is 1. The zero-order valence-corrected chi connectivity index (χ0v) is 17.6. The molecule has 3 rings (SSSR count). The molecule has 0 spiro atoms. The van der Waals surface area contributed by atoms with Gasteiger partial charge < -0.3 is 9.15 Å². The van der Waals surface area contributed by atoms with Crippen LogP contribution in [0.3, 0.4) is 0 Å². The first-order chi connectivity index (χ1) is 13.5. The lowest BCUT2D eigenvalue weighted by atomic mass is 10.3. The van der Waals surface area contributed by atoms with Gasteiger partial charge in [0.25, 0.3) is 0 Å². The van der Waals surface area contributed by atoms with Crippen molar-refractivity contribution in [2.75, 3.05) is 6.61 Å². The van der Waals surface area contributed by atoms with E-state index in [-0.39, 0.29) is 18.0 Å². The molecule has 0 bridgehead atoms. The molecule has 3 aromatic rings. The minimum atomic E-state index is -3.73. The van der Waals surface area contributed by atoms with Gasteiger partial charge in [0, 0.05) is 5.38 Å². The van der Waals surface area contributed by atoms with Crippen molar-refractivity contribution in [2.45, 2.75) is 44.7 Å². The largest absolute Gasteiger partial charge is 0.494 e. The summed E-state index contributed by atoms with van der Waals surface area (Å²) in [7, 11) is -3.73. The van der Waals surface area contributed by atoms with E-state index in [2.05, 4.69) is 11.9 Å². The quantitative estimate of drug-likeness (QED) is 0.484. The summed E-state index contributed by atoms with van der Waals surface area (Å²) in [6.07, 6.45) is 3.45. The highest BCUT2D eigenvalue weighted by Gasteiger charge is 2.26. The fourth-order valence-corrected chi connectivity index (χ4v) is 5.03. The van der Waals surface area contributed by atoms with Crippen LogP contribution in [0.15, 0.2) is 57.4 Å². The third-order valence-electron chi connectivity index (χ3n) is 4.09. The van der Waals surface area contributed by atoms with Crippen molar-refractivity contribution < 1.29 is 17.6 Å². The maximum absolute atomic E-state index is 13.3. The molecule has 2 heterocycles. The summed E-state index contributed by atoms with van der Waals surface area (Å²) < 4.78 is 38.8. The normalized spacial score (nSPS) is 11.8. The topological polar surface area (TPSA) is 72.6 Å². The molecule has 0 radical (unpaired) electrons. The molecule has 6 nitrogen and oxygen atoms in total. The fourth-order valence-electron chi connectivity index (χ4n) is 2.76. The Balaban J connectivity index is 1.87. The molecule has 0 unspecified atom stereocenters. The molecule has 0 aliphatic heterocycles. The van der Waals surface area contributed by atoms with Crippen molar-refractivity contribution in [3.05, 3.63) is 64.5 Å². The lowest BCUT2D eigenvalue weighted by Gasteiger charge is -2.20. The molecule has 2 aromatic heterocycles. The summed E-state index contributed by atoms with van der Waals surface area (Å²) >= 11 is 1.57. The predicted molar refractivity (Wildman–Crippen MR) is 109 cm³/mol. The minimum Gasteiger partial charge on any atom is -0.494 e. The number of rotatable bonds is 10. The second-order valence-corrected chi connectivity index (χ2v) is 9.12. The van der Waals surface area contributed by atoms with Gasteiger partial charge in [-0.15, -0.1) is 11.3 Å². The molecule has 0 N–H and O–H groups in total. The summed E-state index contributed by atoms with van der Waals surface area (Å²) in [5, 5.41) is 2.95. The molecule has 0 saturated carbocycles. The van der Waals surface area contributed by atoms with E-state index >= 15 is 0 Å². The molecule has 150 valence electrons. The van der Waals surface area contributed by atoms with Gasteiger partial charge in [-0.1, -0.05) is 6.92 Å². The van der Waals surface area contributed by atoms with Crippen LogP contribution in [0.25, 0.3) is 0 Å². The summed E-state index contributed by atoms with van der Waals surface area (Å²) in [5.74, 6) is 1.22. The Labute approximate surface area is 169 Å². The first kappa shape index (κ1) is 20.6. The van der Waals surface area contributed by atoms with E-state index in [1.54, 1.807) is 54.0 Å². The van der Waals surface area contributed by atoms with Gasteiger partial charge in [0.2, 0.25) is 10.0 Å². The Morgan fingerprint density at radius 1 is 1.14 bits per heavy atom. The Hall–Kier alpha value is -2.16. The summed E-state index contributed by atoms with van der Waals surface area (Å²) in [5.41, 5.74) is 0.745. The predicted octanol–water partition coefficient (Wildman–Crippen LogP) is 4.48. The molecule has 0 amide bonds. The molecule has 0 saturated heterocycles. The van der Waals surface area contributed by atoms with Gasteiger partial charge in [0.15, 0.2) is 0 Å². The molecule has 0 fully saturated rings. The van der Waals surface area contributed by atoms with Gasteiger partial charge in [-0.3, -0.25) is 0 Å². The number of benzene rings is 1. The first-order valence-electron chi connectivity index (χ1n) is 9.21. The maximum Gasteiger partial charge on any atom is 0.243 e. The highest BCUT2D eigenvalue weighted by molar-refractivity contribution is 7.89. The second-order valence-electron chi connectivity index (χ2n) is 6.24. The molecular formula is C20H24N2O4S2. The standard InChI is InChI=1S/C20H24N2O4S2/c1-3-6-20-21-16(15-27-20)13-22(14-18-7-5-12-26-18)28(23,24)19-10-8-17(9-11-19)25-4-2/h5,7-12,15H,3-4,6,13-14H2,1-2H3. The molecule has 0 atom stereocenters. The number of hydrogen-bond acceptors (Lipinski definition) is 6. The van der Waals surface area contributed by atoms with Crippen LogP contribution in [0, 0.1) is 0 Å². The van der Waals surface area contributed by atoms with E-state index in [0.717, 1.165) is 23.5 Å². The van der Waals surface area contributed by atoms with Crippen LogP contribution < -0.4 is 4.74 Å². The Morgan fingerprint density at radius 3 is 2.57 bits per heavy atom. The Bertz CT molecular complexity index is 964. The van der Waals surface area contributed by atoms with Crippen LogP contribution in [0.2, 0.25) is 0 Å². The van der Waals surface area contributed by atoms with Gasteiger partial charge in [-0.05, 0) is 56.2 Å². The van der Waals surface area contributed by atoms with Crippen LogP contribution in [0.5, 0.6) is 5.75 Å². The number of aromatic nitrogens is 1. The first-order valence-corrected chi connectivity index (χ1v) is 11.5. The van der Waals surface area contributed by atoms with Gasteiger partial charge in [-0.2, -0.15) is 4.31 Å². The molecule has 0 aliphatic carbocycles. The lowest BCUT2D eigenvalue weighted by molar-refractivity contribution is 0.339. The van der Waals surface area contributed by atoms with Crippen LogP contribution >= 0.6 is 11.3 Å². The highest BCUT2D eigenvalue weighted by atomic mass is 32.2. The zero-order chi connectivity index (χ0) is 20.0. The van der Waals surface area contributed by atoms with Crippen molar-refractivity contribution in [3.63, 3.8) is 0 Å². The summed E-state index contributed by atoms with van der Waals surface area (Å²) in [6.45, 7) is 4.84.